The van der Waals surface area contributed by atoms with Crippen molar-refractivity contribution in [3.05, 3.63) is 12.2 Å². The zero-order valence-electron chi connectivity index (χ0n) is 18.9. The molecule has 0 aromatic carbocycles. The van der Waals surface area contributed by atoms with Crippen molar-refractivity contribution in [2.24, 2.45) is 23.2 Å². The van der Waals surface area contributed by atoms with E-state index in [4.69, 9.17) is 9.47 Å². The molecule has 0 radical (unpaired) electrons. The number of methoxy groups -OCH3 is 1. The van der Waals surface area contributed by atoms with Crippen LogP contribution in [0.25, 0.3) is 0 Å². The quantitative estimate of drug-likeness (QED) is 0.165. The molecule has 1 saturated heterocycles. The molecule has 0 aromatic rings. The first-order valence-electron chi connectivity index (χ1n) is 11.4. The molecule has 0 amide bonds. The average molecular weight is 520 g/mol. The summed E-state index contributed by atoms with van der Waals surface area (Å²) in [6, 6.07) is 0. The van der Waals surface area contributed by atoms with Gasteiger partial charge in [-0.05, 0) is 55.3 Å². The zero-order valence-corrected chi connectivity index (χ0v) is 21.1. The number of unbranched alkanes of at least 4 members (excludes halogenated alkanes) is 1. The molecule has 1 unspecified atom stereocenters. The molecule has 2 fully saturated rings. The van der Waals surface area contributed by atoms with E-state index in [0.29, 0.717) is 34.2 Å². The SMILES string of the molecule is CCCCC(C)(C)[C@H](O)C=C[C@@H]1[C@H](C)CC2O[C@H]([C@@H](I)CCCC(=O)OC)C[C@@H]21. The predicted molar refractivity (Wildman–Crippen MR) is 126 cm³/mol. The van der Waals surface area contributed by atoms with Gasteiger partial charge < -0.3 is 14.6 Å². The molecule has 0 bridgehead atoms. The summed E-state index contributed by atoms with van der Waals surface area (Å²) in [5.41, 5.74) is -0.0740. The van der Waals surface area contributed by atoms with Crippen LogP contribution >= 0.6 is 22.6 Å². The number of ether oxygens (including phenoxy) is 2. The molecule has 2 aliphatic rings. The molecule has 1 aliphatic heterocycles. The van der Waals surface area contributed by atoms with Gasteiger partial charge in [0.2, 0.25) is 0 Å². The van der Waals surface area contributed by atoms with Crippen molar-refractivity contribution >= 4 is 28.6 Å². The van der Waals surface area contributed by atoms with Gasteiger partial charge in [-0.3, -0.25) is 4.79 Å². The van der Waals surface area contributed by atoms with Crippen molar-refractivity contribution in [3.63, 3.8) is 0 Å². The van der Waals surface area contributed by atoms with Crippen molar-refractivity contribution in [2.75, 3.05) is 7.11 Å². The summed E-state index contributed by atoms with van der Waals surface area (Å²) >= 11 is 2.50. The highest BCUT2D eigenvalue weighted by atomic mass is 127. The number of hydrogen-bond acceptors (Lipinski definition) is 4. The number of allylic oxidation sites excluding steroid dienone is 1. The van der Waals surface area contributed by atoms with Gasteiger partial charge in [-0.15, -0.1) is 0 Å². The van der Waals surface area contributed by atoms with Crippen LogP contribution in [0.2, 0.25) is 0 Å². The molecule has 5 heteroatoms. The van der Waals surface area contributed by atoms with Crippen molar-refractivity contribution in [1.82, 2.24) is 0 Å². The molecule has 1 N–H and O–H groups in total. The number of alkyl halides is 1. The number of fused-ring (bicyclic) bond motifs is 1. The van der Waals surface area contributed by atoms with E-state index >= 15 is 0 Å². The van der Waals surface area contributed by atoms with E-state index in [1.165, 1.54) is 13.5 Å². The van der Waals surface area contributed by atoms with Gasteiger partial charge in [0, 0.05) is 10.3 Å². The molecule has 0 spiro atoms. The third kappa shape index (κ3) is 6.93. The van der Waals surface area contributed by atoms with Crippen molar-refractivity contribution in [2.45, 2.75) is 101 Å². The Labute approximate surface area is 191 Å². The van der Waals surface area contributed by atoms with Gasteiger partial charge in [0.1, 0.15) is 0 Å². The van der Waals surface area contributed by atoms with Gasteiger partial charge >= 0.3 is 5.97 Å². The third-order valence-electron chi connectivity index (χ3n) is 7.07. The van der Waals surface area contributed by atoms with Crippen molar-refractivity contribution in [3.8, 4) is 0 Å². The molecule has 4 nitrogen and oxygen atoms in total. The standard InChI is InChI=1S/C24H41IO4/c1-6-7-13-24(3,4)22(26)12-11-17-16(2)14-20-18(17)15-21(29-20)19(25)9-8-10-23(27)28-5/h11-12,16-22,26H,6-10,13-15H2,1-5H3/t16-,17-,18-,19+,20?,21+,22-/m1/s1. The molecular formula is C24H41IO4. The molecule has 7 atom stereocenters. The molecule has 0 aromatic heterocycles. The maximum absolute atomic E-state index is 11.3. The average Bonchev–Trinajstić information content (AvgIpc) is 3.21. The summed E-state index contributed by atoms with van der Waals surface area (Å²) in [4.78, 5) is 11.3. The molecule has 1 aliphatic carbocycles. The Morgan fingerprint density at radius 1 is 1.34 bits per heavy atom. The number of aliphatic hydroxyl groups excluding tert-OH is 1. The number of hydrogen-bond donors (Lipinski definition) is 1. The highest BCUT2D eigenvalue weighted by molar-refractivity contribution is 14.1. The van der Waals surface area contributed by atoms with Crippen molar-refractivity contribution < 1.29 is 19.4 Å². The fourth-order valence-electron chi connectivity index (χ4n) is 4.95. The topological polar surface area (TPSA) is 55.8 Å². The molecule has 168 valence electrons. The smallest absolute Gasteiger partial charge is 0.305 e. The third-order valence-corrected chi connectivity index (χ3v) is 8.49. The maximum atomic E-state index is 11.3. The second-order valence-corrected chi connectivity index (χ2v) is 11.4. The first-order valence-corrected chi connectivity index (χ1v) is 12.7. The van der Waals surface area contributed by atoms with Crippen LogP contribution in [-0.4, -0.2) is 40.4 Å². The molecule has 29 heavy (non-hydrogen) atoms. The zero-order chi connectivity index (χ0) is 21.6. The molecule has 1 heterocycles. The monoisotopic (exact) mass is 520 g/mol. The molecular weight excluding hydrogens is 479 g/mol. The number of esters is 1. The predicted octanol–water partition coefficient (Wildman–Crippen LogP) is 5.70. The largest absolute Gasteiger partial charge is 0.469 e. The summed E-state index contributed by atoms with van der Waals surface area (Å²) in [6.45, 7) is 8.85. The van der Waals surface area contributed by atoms with E-state index in [9.17, 15) is 9.90 Å². The highest BCUT2D eigenvalue weighted by Crippen LogP contribution is 2.48. The van der Waals surface area contributed by atoms with Crippen LogP contribution in [0.3, 0.4) is 0 Å². The Kier molecular flexibility index (Phi) is 9.94. The van der Waals surface area contributed by atoms with Gasteiger partial charge in [-0.2, -0.15) is 0 Å². The van der Waals surface area contributed by atoms with Crippen LogP contribution in [0, 0.1) is 23.2 Å². The Balaban J connectivity index is 1.89. The maximum Gasteiger partial charge on any atom is 0.305 e. The lowest BCUT2D eigenvalue weighted by molar-refractivity contribution is -0.140. The van der Waals surface area contributed by atoms with Crippen LogP contribution in [-0.2, 0) is 14.3 Å². The van der Waals surface area contributed by atoms with E-state index in [-0.39, 0.29) is 17.5 Å². The van der Waals surface area contributed by atoms with E-state index in [1.807, 2.05) is 0 Å². The number of rotatable bonds is 11. The van der Waals surface area contributed by atoms with Gasteiger partial charge in [0.15, 0.2) is 0 Å². The summed E-state index contributed by atoms with van der Waals surface area (Å²) in [5, 5.41) is 10.7. The van der Waals surface area contributed by atoms with Crippen LogP contribution < -0.4 is 0 Å². The van der Waals surface area contributed by atoms with Gasteiger partial charge in [-0.1, -0.05) is 75.3 Å². The fourth-order valence-corrected chi connectivity index (χ4v) is 5.85. The van der Waals surface area contributed by atoms with Crippen molar-refractivity contribution in [1.29, 1.82) is 0 Å². The second kappa shape index (κ2) is 11.5. The number of carbonyl (C=O) groups is 1. The van der Waals surface area contributed by atoms with Crippen LogP contribution in [0.15, 0.2) is 12.2 Å². The molecule has 2 rings (SSSR count). The minimum Gasteiger partial charge on any atom is -0.469 e. The number of carbonyl (C=O) groups excluding carboxylic acids is 1. The minimum atomic E-state index is -0.394. The summed E-state index contributed by atoms with van der Waals surface area (Å²) < 4.78 is 11.6. The highest BCUT2D eigenvalue weighted by Gasteiger charge is 2.48. The number of halogens is 1. The first-order chi connectivity index (χ1) is 13.7. The Morgan fingerprint density at radius 3 is 2.72 bits per heavy atom. The molecule has 1 saturated carbocycles. The Hall–Kier alpha value is -0.140. The second-order valence-electron chi connectivity index (χ2n) is 9.81. The lowest BCUT2D eigenvalue weighted by Crippen LogP contribution is -2.28. The number of aliphatic hydroxyl groups is 1. The first kappa shape index (κ1) is 25.1. The lowest BCUT2D eigenvalue weighted by Gasteiger charge is -2.29. The van der Waals surface area contributed by atoms with Gasteiger partial charge in [0.25, 0.3) is 0 Å². The van der Waals surface area contributed by atoms with E-state index < -0.39 is 6.10 Å². The van der Waals surface area contributed by atoms with Crippen LogP contribution in [0.5, 0.6) is 0 Å². The van der Waals surface area contributed by atoms with Gasteiger partial charge in [0.05, 0.1) is 25.4 Å². The summed E-state index contributed by atoms with van der Waals surface area (Å²) in [5.74, 6) is 1.51. The summed E-state index contributed by atoms with van der Waals surface area (Å²) in [6.07, 6.45) is 12.5. The van der Waals surface area contributed by atoms with E-state index in [2.05, 4.69) is 62.4 Å². The Morgan fingerprint density at radius 2 is 2.07 bits per heavy atom. The van der Waals surface area contributed by atoms with E-state index in [0.717, 1.165) is 38.5 Å². The van der Waals surface area contributed by atoms with Gasteiger partial charge in [-0.25, -0.2) is 0 Å². The minimum absolute atomic E-state index is 0.0740. The normalized spacial score (nSPS) is 31.8. The van der Waals surface area contributed by atoms with Crippen LogP contribution in [0.4, 0.5) is 0 Å². The fraction of sp³-hybridized carbons (Fsp3) is 0.875. The lowest BCUT2D eigenvalue weighted by atomic mass is 9.80. The van der Waals surface area contributed by atoms with E-state index in [1.54, 1.807) is 0 Å². The summed E-state index contributed by atoms with van der Waals surface area (Å²) in [7, 11) is 1.45. The van der Waals surface area contributed by atoms with Crippen LogP contribution in [0.1, 0.15) is 79.1 Å². The Bertz CT molecular complexity index is 547.